The molecule has 0 aliphatic rings. The average Bonchev–Trinajstić information content (AvgIpc) is 3.21. The van der Waals surface area contributed by atoms with E-state index in [0.29, 0.717) is 24.4 Å². The molecule has 0 atom stereocenters. The van der Waals surface area contributed by atoms with Gasteiger partial charge in [0.1, 0.15) is 0 Å². The van der Waals surface area contributed by atoms with Gasteiger partial charge in [-0.1, -0.05) is 47.1 Å². The number of pyridine rings is 1. The number of carbonyl (C=O) groups excluding carboxylic acids is 1. The van der Waals surface area contributed by atoms with Crippen molar-refractivity contribution in [1.82, 2.24) is 20.0 Å². The summed E-state index contributed by atoms with van der Waals surface area (Å²) in [5, 5.41) is 4.83. The van der Waals surface area contributed by atoms with E-state index >= 15 is 0 Å². The van der Waals surface area contributed by atoms with Crippen LogP contribution >= 0.6 is 0 Å². The van der Waals surface area contributed by atoms with Gasteiger partial charge in [-0.3, -0.25) is 9.59 Å². The third-order valence-corrected chi connectivity index (χ3v) is 4.95. The summed E-state index contributed by atoms with van der Waals surface area (Å²) < 4.78 is 5.27. The molecule has 7 heteroatoms. The van der Waals surface area contributed by atoms with Gasteiger partial charge in [0.25, 0.3) is 5.56 Å². The lowest BCUT2D eigenvalue weighted by atomic mass is 10.1. The highest BCUT2D eigenvalue weighted by atomic mass is 16.5. The zero-order valence-electron chi connectivity index (χ0n) is 16.9. The molecule has 1 N–H and O–H groups in total. The summed E-state index contributed by atoms with van der Waals surface area (Å²) in [6.45, 7) is 2.53. The predicted molar refractivity (Wildman–Crippen MR) is 114 cm³/mol. The number of amides is 1. The summed E-state index contributed by atoms with van der Waals surface area (Å²) in [6, 6.07) is 17.4. The van der Waals surface area contributed by atoms with Crippen molar-refractivity contribution in [2.45, 2.75) is 26.3 Å². The number of aromatic amines is 1. The van der Waals surface area contributed by atoms with Crippen LogP contribution in [0.25, 0.3) is 22.3 Å². The first-order valence-corrected chi connectivity index (χ1v) is 9.74. The molecule has 0 unspecified atom stereocenters. The van der Waals surface area contributed by atoms with Gasteiger partial charge in [-0.25, -0.2) is 0 Å². The van der Waals surface area contributed by atoms with E-state index in [2.05, 4.69) is 15.1 Å². The molecular weight excluding hydrogens is 380 g/mol. The number of carbonyl (C=O) groups is 1. The highest BCUT2D eigenvalue weighted by molar-refractivity contribution is 5.83. The Kier molecular flexibility index (Phi) is 5.43. The molecule has 7 nitrogen and oxygen atoms in total. The molecule has 0 aliphatic carbocycles. The van der Waals surface area contributed by atoms with Crippen molar-refractivity contribution in [3.63, 3.8) is 0 Å². The number of H-pyrrole nitrogens is 1. The normalized spacial score (nSPS) is 11.0. The molecule has 2 aromatic carbocycles. The predicted octanol–water partition coefficient (Wildman–Crippen LogP) is 3.48. The molecule has 2 aromatic heterocycles. The molecule has 0 radical (unpaired) electrons. The standard InChI is InChI=1S/C23H22N4O3/c1-15-8-9-19-17(12-15)13-18(23(29)24-19)22-25-20(30-26-22)10-11-21(28)27(2)14-16-6-4-3-5-7-16/h3-9,12-13H,10-11,14H2,1-2H3,(H,24,29). The fourth-order valence-electron chi connectivity index (χ4n) is 3.31. The van der Waals surface area contributed by atoms with Crippen LogP contribution in [0, 0.1) is 6.92 Å². The van der Waals surface area contributed by atoms with Crippen LogP contribution < -0.4 is 5.56 Å². The van der Waals surface area contributed by atoms with E-state index in [1.165, 1.54) is 0 Å². The van der Waals surface area contributed by atoms with Crippen molar-refractivity contribution >= 4 is 16.8 Å². The lowest BCUT2D eigenvalue weighted by Crippen LogP contribution is -2.26. The molecule has 0 spiro atoms. The zero-order valence-corrected chi connectivity index (χ0v) is 16.9. The van der Waals surface area contributed by atoms with Gasteiger partial charge in [0.05, 0.1) is 5.56 Å². The van der Waals surface area contributed by atoms with Crippen molar-refractivity contribution < 1.29 is 9.32 Å². The number of hydrogen-bond donors (Lipinski definition) is 1. The van der Waals surface area contributed by atoms with Crippen LogP contribution in [0.2, 0.25) is 0 Å². The maximum absolute atomic E-state index is 12.4. The van der Waals surface area contributed by atoms with Gasteiger partial charge in [-0.05, 0) is 36.1 Å². The summed E-state index contributed by atoms with van der Waals surface area (Å²) in [6.07, 6.45) is 0.563. The van der Waals surface area contributed by atoms with Crippen molar-refractivity contribution in [2.24, 2.45) is 0 Å². The minimum Gasteiger partial charge on any atom is -0.341 e. The van der Waals surface area contributed by atoms with Crippen molar-refractivity contribution in [3.05, 3.63) is 82.0 Å². The van der Waals surface area contributed by atoms with Gasteiger partial charge >= 0.3 is 0 Å². The van der Waals surface area contributed by atoms with E-state index in [4.69, 9.17) is 4.52 Å². The summed E-state index contributed by atoms with van der Waals surface area (Å²) >= 11 is 0. The number of aryl methyl sites for hydroxylation is 2. The minimum atomic E-state index is -0.280. The van der Waals surface area contributed by atoms with Crippen molar-refractivity contribution in [1.29, 1.82) is 0 Å². The van der Waals surface area contributed by atoms with E-state index in [1.54, 1.807) is 18.0 Å². The van der Waals surface area contributed by atoms with Gasteiger partial charge < -0.3 is 14.4 Å². The Hall–Kier alpha value is -3.74. The quantitative estimate of drug-likeness (QED) is 0.533. The molecule has 0 bridgehead atoms. The smallest absolute Gasteiger partial charge is 0.259 e. The lowest BCUT2D eigenvalue weighted by molar-refractivity contribution is -0.130. The number of aromatic nitrogens is 3. The number of benzene rings is 2. The number of nitrogens with zero attached hydrogens (tertiary/aromatic N) is 3. The Morgan fingerprint density at radius 1 is 1.13 bits per heavy atom. The first-order valence-electron chi connectivity index (χ1n) is 9.74. The Morgan fingerprint density at radius 2 is 1.93 bits per heavy atom. The maximum Gasteiger partial charge on any atom is 0.259 e. The zero-order chi connectivity index (χ0) is 21.1. The second-order valence-electron chi connectivity index (χ2n) is 7.35. The molecule has 0 saturated heterocycles. The van der Waals surface area contributed by atoms with Crippen LogP contribution in [0.5, 0.6) is 0 Å². The number of fused-ring (bicyclic) bond motifs is 1. The van der Waals surface area contributed by atoms with E-state index < -0.39 is 0 Å². The second kappa shape index (κ2) is 8.32. The molecule has 152 valence electrons. The van der Waals surface area contributed by atoms with Gasteiger partial charge in [-0.15, -0.1) is 0 Å². The Balaban J connectivity index is 1.44. The molecule has 0 fully saturated rings. The molecule has 1 amide bonds. The van der Waals surface area contributed by atoms with Crippen LogP contribution in [-0.2, 0) is 17.8 Å². The Bertz CT molecular complexity index is 1240. The summed E-state index contributed by atoms with van der Waals surface area (Å²) in [5.74, 6) is 0.535. The molecule has 2 heterocycles. The van der Waals surface area contributed by atoms with Crippen LogP contribution in [0.4, 0.5) is 0 Å². The van der Waals surface area contributed by atoms with Crippen LogP contribution in [-0.4, -0.2) is 33.0 Å². The summed E-state index contributed by atoms with van der Waals surface area (Å²) in [4.78, 5) is 33.7. The monoisotopic (exact) mass is 402 g/mol. The first-order chi connectivity index (χ1) is 14.5. The van der Waals surface area contributed by atoms with Crippen molar-refractivity contribution in [3.8, 4) is 11.4 Å². The number of rotatable bonds is 6. The highest BCUT2D eigenvalue weighted by Gasteiger charge is 2.16. The largest absolute Gasteiger partial charge is 0.341 e. The molecular formula is C23H22N4O3. The van der Waals surface area contributed by atoms with Gasteiger partial charge in [-0.2, -0.15) is 4.98 Å². The van der Waals surface area contributed by atoms with Gasteiger partial charge in [0.15, 0.2) is 0 Å². The van der Waals surface area contributed by atoms with E-state index in [-0.39, 0.29) is 23.7 Å². The highest BCUT2D eigenvalue weighted by Crippen LogP contribution is 2.19. The third kappa shape index (κ3) is 4.30. The topological polar surface area (TPSA) is 92.1 Å². The summed E-state index contributed by atoms with van der Waals surface area (Å²) in [7, 11) is 1.77. The van der Waals surface area contributed by atoms with Crippen molar-refractivity contribution in [2.75, 3.05) is 7.05 Å². The number of nitrogens with one attached hydrogen (secondary N) is 1. The van der Waals surface area contributed by atoms with E-state index in [9.17, 15) is 9.59 Å². The Morgan fingerprint density at radius 3 is 2.73 bits per heavy atom. The average molecular weight is 402 g/mol. The lowest BCUT2D eigenvalue weighted by Gasteiger charge is -2.16. The van der Waals surface area contributed by atoms with Crippen LogP contribution in [0.15, 0.2) is 63.9 Å². The first kappa shape index (κ1) is 19.6. The SMILES string of the molecule is Cc1ccc2[nH]c(=O)c(-c3noc(CCC(=O)N(C)Cc4ccccc4)n3)cc2c1. The molecule has 0 aliphatic heterocycles. The fraction of sp³-hybridized carbons (Fsp3) is 0.217. The number of hydrogen-bond acceptors (Lipinski definition) is 5. The summed E-state index contributed by atoms with van der Waals surface area (Å²) in [5.41, 5.74) is 2.98. The van der Waals surface area contributed by atoms with E-state index in [1.807, 2.05) is 55.5 Å². The molecule has 4 rings (SSSR count). The molecule has 4 aromatic rings. The fourth-order valence-corrected chi connectivity index (χ4v) is 3.31. The molecule has 30 heavy (non-hydrogen) atoms. The van der Waals surface area contributed by atoms with Gasteiger partial charge in [0.2, 0.25) is 17.6 Å². The van der Waals surface area contributed by atoms with E-state index in [0.717, 1.165) is 22.0 Å². The molecule has 0 saturated carbocycles. The maximum atomic E-state index is 12.4. The minimum absolute atomic E-state index is 0.0161. The Labute approximate surface area is 173 Å². The van der Waals surface area contributed by atoms with Gasteiger partial charge in [0, 0.05) is 32.0 Å². The van der Waals surface area contributed by atoms with Crippen LogP contribution in [0.1, 0.15) is 23.4 Å². The second-order valence-corrected chi connectivity index (χ2v) is 7.35. The third-order valence-electron chi connectivity index (χ3n) is 4.95. The van der Waals surface area contributed by atoms with Crippen LogP contribution in [0.3, 0.4) is 0 Å².